The molecule has 0 fully saturated rings. The predicted molar refractivity (Wildman–Crippen MR) is 97.5 cm³/mol. The maximum absolute atomic E-state index is 11.8. The molecule has 0 aliphatic carbocycles. The quantitative estimate of drug-likeness (QED) is 0.685. The van der Waals surface area contributed by atoms with Crippen molar-refractivity contribution < 1.29 is 19.0 Å². The molecule has 134 valence electrons. The van der Waals surface area contributed by atoms with Crippen molar-refractivity contribution in [3.8, 4) is 11.5 Å². The fourth-order valence-electron chi connectivity index (χ4n) is 2.09. The third-order valence-corrected chi connectivity index (χ3v) is 3.31. The van der Waals surface area contributed by atoms with Crippen molar-refractivity contribution in [3.63, 3.8) is 0 Å². The van der Waals surface area contributed by atoms with Crippen LogP contribution in [0.2, 0.25) is 0 Å². The first-order valence-corrected chi connectivity index (χ1v) is 8.13. The molecule has 0 saturated heterocycles. The van der Waals surface area contributed by atoms with E-state index in [2.05, 4.69) is 10.6 Å². The van der Waals surface area contributed by atoms with Gasteiger partial charge in [-0.25, -0.2) is 4.79 Å². The van der Waals surface area contributed by atoms with Crippen molar-refractivity contribution in [2.24, 2.45) is 0 Å². The van der Waals surface area contributed by atoms with Crippen LogP contribution in [0.3, 0.4) is 0 Å². The summed E-state index contributed by atoms with van der Waals surface area (Å²) in [6.45, 7) is 3.85. The number of hydrogen-bond donors (Lipinski definition) is 2. The zero-order valence-electron chi connectivity index (χ0n) is 14.6. The first-order chi connectivity index (χ1) is 12.2. The molecule has 0 radical (unpaired) electrons. The maximum Gasteiger partial charge on any atom is 0.319 e. The van der Waals surface area contributed by atoms with Crippen LogP contribution in [0.1, 0.15) is 5.56 Å². The van der Waals surface area contributed by atoms with Gasteiger partial charge in [-0.15, -0.1) is 0 Å². The molecule has 0 unspecified atom stereocenters. The van der Waals surface area contributed by atoms with Crippen molar-refractivity contribution in [1.29, 1.82) is 0 Å². The van der Waals surface area contributed by atoms with E-state index in [0.29, 0.717) is 32.1 Å². The van der Waals surface area contributed by atoms with Gasteiger partial charge in [-0.3, -0.25) is 0 Å². The lowest BCUT2D eigenvalue weighted by Crippen LogP contribution is -2.32. The minimum atomic E-state index is -0.277. The van der Waals surface area contributed by atoms with E-state index in [1.807, 2.05) is 31.2 Å². The second-order valence-electron chi connectivity index (χ2n) is 5.41. The normalized spacial score (nSPS) is 10.2. The zero-order chi connectivity index (χ0) is 17.9. The van der Waals surface area contributed by atoms with Crippen LogP contribution >= 0.6 is 0 Å². The lowest BCUT2D eigenvalue weighted by atomic mass is 10.2. The molecule has 0 aliphatic rings. The van der Waals surface area contributed by atoms with Gasteiger partial charge < -0.3 is 24.8 Å². The number of anilines is 1. The van der Waals surface area contributed by atoms with Crippen LogP contribution in [0.5, 0.6) is 11.5 Å². The molecule has 2 N–H and O–H groups in total. The van der Waals surface area contributed by atoms with Gasteiger partial charge in [0.05, 0.1) is 13.2 Å². The van der Waals surface area contributed by atoms with Crippen molar-refractivity contribution in [2.45, 2.75) is 6.92 Å². The minimum Gasteiger partial charge on any atom is -0.492 e. The van der Waals surface area contributed by atoms with Gasteiger partial charge >= 0.3 is 6.03 Å². The van der Waals surface area contributed by atoms with Gasteiger partial charge in [0.2, 0.25) is 0 Å². The Kier molecular flexibility index (Phi) is 7.59. The molecule has 0 spiro atoms. The Balaban J connectivity index is 1.66. The van der Waals surface area contributed by atoms with E-state index in [0.717, 1.165) is 17.1 Å². The zero-order valence-corrected chi connectivity index (χ0v) is 14.6. The highest BCUT2D eigenvalue weighted by Gasteiger charge is 2.02. The summed E-state index contributed by atoms with van der Waals surface area (Å²) in [4.78, 5) is 11.8. The average molecular weight is 344 g/mol. The number of ether oxygens (including phenoxy) is 3. The molecule has 25 heavy (non-hydrogen) atoms. The van der Waals surface area contributed by atoms with E-state index in [4.69, 9.17) is 14.2 Å². The van der Waals surface area contributed by atoms with Gasteiger partial charge in [0, 0.05) is 12.8 Å². The number of nitrogens with one attached hydrogen (secondary N) is 2. The van der Waals surface area contributed by atoms with E-state index in [1.54, 1.807) is 31.4 Å². The van der Waals surface area contributed by atoms with Gasteiger partial charge in [-0.1, -0.05) is 12.1 Å². The largest absolute Gasteiger partial charge is 0.492 e. The second kappa shape index (κ2) is 10.2. The van der Waals surface area contributed by atoms with Gasteiger partial charge in [-0.05, 0) is 48.9 Å². The van der Waals surface area contributed by atoms with Crippen LogP contribution < -0.4 is 20.1 Å². The predicted octanol–water partition coefficient (Wildman–Crippen LogP) is 3.22. The molecule has 6 heteroatoms. The number of urea groups is 1. The molecule has 0 bridgehead atoms. The number of carbonyl (C=O) groups is 1. The van der Waals surface area contributed by atoms with Crippen molar-refractivity contribution >= 4 is 11.7 Å². The van der Waals surface area contributed by atoms with E-state index in [-0.39, 0.29) is 6.03 Å². The highest BCUT2D eigenvalue weighted by atomic mass is 16.5. The van der Waals surface area contributed by atoms with Crippen molar-refractivity contribution in [2.75, 3.05) is 38.8 Å². The molecule has 6 nitrogen and oxygen atoms in total. The van der Waals surface area contributed by atoms with E-state index in [1.165, 1.54) is 0 Å². The molecule has 0 saturated carbocycles. The Morgan fingerprint density at radius 1 is 0.960 bits per heavy atom. The summed E-state index contributed by atoms with van der Waals surface area (Å²) in [7, 11) is 1.63. The topological polar surface area (TPSA) is 68.8 Å². The Labute approximate surface area is 148 Å². The van der Waals surface area contributed by atoms with Crippen LogP contribution in [0.15, 0.2) is 48.5 Å². The molecular formula is C19H24N2O4. The lowest BCUT2D eigenvalue weighted by Gasteiger charge is -2.10. The summed E-state index contributed by atoms with van der Waals surface area (Å²) < 4.78 is 16.0. The Morgan fingerprint density at radius 3 is 2.44 bits per heavy atom. The molecule has 0 aromatic heterocycles. The Hall–Kier alpha value is -2.73. The van der Waals surface area contributed by atoms with Crippen LogP contribution in [-0.2, 0) is 4.74 Å². The van der Waals surface area contributed by atoms with E-state index in [9.17, 15) is 4.79 Å². The summed E-state index contributed by atoms with van der Waals surface area (Å²) in [6, 6.07) is 14.7. The fraction of sp³-hybridized carbons (Fsp3) is 0.316. The molecule has 0 heterocycles. The average Bonchev–Trinajstić information content (AvgIpc) is 2.61. The maximum atomic E-state index is 11.8. The molecule has 2 rings (SSSR count). The Bertz CT molecular complexity index is 659. The highest BCUT2D eigenvalue weighted by molar-refractivity contribution is 5.89. The third kappa shape index (κ3) is 7.14. The standard InChI is InChI=1S/C19H24N2O4/c1-15-4-3-5-18(14-15)24-11-10-20-19(22)21-16-6-8-17(9-7-16)25-13-12-23-2/h3-9,14H,10-13H2,1-2H3,(H2,20,21,22). The highest BCUT2D eigenvalue weighted by Crippen LogP contribution is 2.15. The lowest BCUT2D eigenvalue weighted by molar-refractivity contribution is 0.146. The number of aryl methyl sites for hydroxylation is 1. The molecule has 2 aromatic carbocycles. The van der Waals surface area contributed by atoms with Crippen molar-refractivity contribution in [1.82, 2.24) is 5.32 Å². The monoisotopic (exact) mass is 344 g/mol. The van der Waals surface area contributed by atoms with Gasteiger partial charge in [0.15, 0.2) is 0 Å². The number of amides is 2. The van der Waals surface area contributed by atoms with Gasteiger partial charge in [-0.2, -0.15) is 0 Å². The first-order valence-electron chi connectivity index (χ1n) is 8.13. The third-order valence-electron chi connectivity index (χ3n) is 3.31. The number of hydrogen-bond acceptors (Lipinski definition) is 4. The first kappa shape index (κ1) is 18.6. The number of rotatable bonds is 9. The smallest absolute Gasteiger partial charge is 0.319 e. The molecule has 2 amide bonds. The number of methoxy groups -OCH3 is 1. The van der Waals surface area contributed by atoms with Gasteiger partial charge in [0.1, 0.15) is 24.7 Å². The van der Waals surface area contributed by atoms with Crippen molar-refractivity contribution in [3.05, 3.63) is 54.1 Å². The van der Waals surface area contributed by atoms with Crippen LogP contribution in [0.25, 0.3) is 0 Å². The number of carbonyl (C=O) groups excluding carboxylic acids is 1. The Morgan fingerprint density at radius 2 is 1.72 bits per heavy atom. The summed E-state index contributed by atoms with van der Waals surface area (Å²) in [5, 5.41) is 5.51. The van der Waals surface area contributed by atoms with E-state index < -0.39 is 0 Å². The SMILES string of the molecule is COCCOc1ccc(NC(=O)NCCOc2cccc(C)c2)cc1. The number of benzene rings is 2. The summed E-state index contributed by atoms with van der Waals surface area (Å²) in [5.74, 6) is 1.53. The minimum absolute atomic E-state index is 0.277. The second-order valence-corrected chi connectivity index (χ2v) is 5.41. The molecule has 0 atom stereocenters. The van der Waals surface area contributed by atoms with Crippen LogP contribution in [-0.4, -0.2) is 39.5 Å². The molecule has 2 aromatic rings. The summed E-state index contributed by atoms with van der Waals surface area (Å²) in [5.41, 5.74) is 1.83. The molecule has 0 aliphatic heterocycles. The van der Waals surface area contributed by atoms with Crippen LogP contribution in [0, 0.1) is 6.92 Å². The summed E-state index contributed by atoms with van der Waals surface area (Å²) in [6.07, 6.45) is 0. The molecular weight excluding hydrogens is 320 g/mol. The van der Waals surface area contributed by atoms with Crippen LogP contribution in [0.4, 0.5) is 10.5 Å². The van der Waals surface area contributed by atoms with Gasteiger partial charge in [0.25, 0.3) is 0 Å². The van der Waals surface area contributed by atoms with E-state index >= 15 is 0 Å². The summed E-state index contributed by atoms with van der Waals surface area (Å²) >= 11 is 0. The fourth-order valence-corrected chi connectivity index (χ4v) is 2.09.